The first-order valence-corrected chi connectivity index (χ1v) is 5.24. The fraction of sp³-hybridized carbons (Fsp3) is 0.167. The quantitative estimate of drug-likeness (QED) is 0.708. The van der Waals surface area contributed by atoms with Crippen LogP contribution in [0.4, 0.5) is 10.1 Å². The SMILES string of the molecule is O=C1C=C[C@@H]([C@]2(O)C(=O)Nc3ccc(F)cc32)O1. The standard InChI is InChI=1S/C12H8FNO4/c13-6-1-2-8-7(5-6)12(17,11(16)14-8)9-3-4-10(15)18-9/h1-5,9,17H,(H,14,16)/t9-,12-/m0/s1. The van der Waals surface area contributed by atoms with Gasteiger partial charge in [0.05, 0.1) is 0 Å². The monoisotopic (exact) mass is 249 g/mol. The first-order chi connectivity index (χ1) is 8.51. The Balaban J connectivity index is 2.12. The number of rotatable bonds is 1. The summed E-state index contributed by atoms with van der Waals surface area (Å²) in [4.78, 5) is 22.9. The van der Waals surface area contributed by atoms with Gasteiger partial charge in [-0.15, -0.1) is 0 Å². The number of fused-ring (bicyclic) bond motifs is 1. The highest BCUT2D eigenvalue weighted by Gasteiger charge is 2.53. The number of carbonyl (C=O) groups is 2. The summed E-state index contributed by atoms with van der Waals surface area (Å²) >= 11 is 0. The molecule has 2 heterocycles. The van der Waals surface area contributed by atoms with Gasteiger partial charge in [-0.05, 0) is 24.3 Å². The number of esters is 1. The summed E-state index contributed by atoms with van der Waals surface area (Å²) in [5.74, 6) is -1.98. The molecule has 0 aliphatic carbocycles. The van der Waals surface area contributed by atoms with Gasteiger partial charge in [-0.1, -0.05) is 0 Å². The van der Waals surface area contributed by atoms with Crippen molar-refractivity contribution in [2.75, 3.05) is 5.32 Å². The number of nitrogens with one attached hydrogen (secondary N) is 1. The third kappa shape index (κ3) is 1.29. The van der Waals surface area contributed by atoms with Crippen molar-refractivity contribution < 1.29 is 23.8 Å². The molecule has 1 aromatic rings. The molecule has 0 unspecified atom stereocenters. The Morgan fingerprint density at radius 2 is 2.17 bits per heavy atom. The van der Waals surface area contributed by atoms with Gasteiger partial charge in [0.15, 0.2) is 6.10 Å². The number of halogens is 1. The Labute approximate surface area is 101 Å². The summed E-state index contributed by atoms with van der Waals surface area (Å²) < 4.78 is 18.1. The fourth-order valence-corrected chi connectivity index (χ4v) is 2.16. The fourth-order valence-electron chi connectivity index (χ4n) is 2.16. The summed E-state index contributed by atoms with van der Waals surface area (Å²) in [6.45, 7) is 0. The van der Waals surface area contributed by atoms with E-state index < -0.39 is 29.4 Å². The molecule has 0 bridgehead atoms. The molecule has 92 valence electrons. The lowest BCUT2D eigenvalue weighted by Gasteiger charge is -2.25. The van der Waals surface area contributed by atoms with Crippen molar-refractivity contribution in [3.63, 3.8) is 0 Å². The zero-order valence-electron chi connectivity index (χ0n) is 9.01. The molecule has 0 spiro atoms. The summed E-state index contributed by atoms with van der Waals surface area (Å²) in [5.41, 5.74) is -1.71. The molecule has 1 aromatic carbocycles. The Bertz CT molecular complexity index is 598. The molecule has 5 nitrogen and oxygen atoms in total. The van der Waals surface area contributed by atoms with E-state index in [-0.39, 0.29) is 5.56 Å². The van der Waals surface area contributed by atoms with Crippen LogP contribution in [0.5, 0.6) is 0 Å². The van der Waals surface area contributed by atoms with Crippen molar-refractivity contribution in [2.45, 2.75) is 11.7 Å². The number of hydrogen-bond donors (Lipinski definition) is 2. The van der Waals surface area contributed by atoms with Gasteiger partial charge >= 0.3 is 5.97 Å². The van der Waals surface area contributed by atoms with Crippen LogP contribution >= 0.6 is 0 Å². The van der Waals surface area contributed by atoms with E-state index in [0.29, 0.717) is 5.69 Å². The molecule has 2 aliphatic rings. The van der Waals surface area contributed by atoms with E-state index in [4.69, 9.17) is 4.74 Å². The Morgan fingerprint density at radius 3 is 2.83 bits per heavy atom. The molecule has 0 saturated heterocycles. The molecule has 0 aromatic heterocycles. The maximum absolute atomic E-state index is 13.2. The van der Waals surface area contributed by atoms with Gasteiger partial charge in [0, 0.05) is 17.3 Å². The second-order valence-electron chi connectivity index (χ2n) is 4.13. The Morgan fingerprint density at radius 1 is 1.39 bits per heavy atom. The van der Waals surface area contributed by atoms with Crippen LogP contribution in [0.3, 0.4) is 0 Å². The van der Waals surface area contributed by atoms with E-state index in [1.165, 1.54) is 18.2 Å². The predicted molar refractivity (Wildman–Crippen MR) is 57.9 cm³/mol. The van der Waals surface area contributed by atoms with Crippen molar-refractivity contribution >= 4 is 17.6 Å². The number of hydrogen-bond acceptors (Lipinski definition) is 4. The van der Waals surface area contributed by atoms with Gasteiger partial charge < -0.3 is 15.2 Å². The maximum atomic E-state index is 13.2. The molecule has 6 heteroatoms. The maximum Gasteiger partial charge on any atom is 0.331 e. The molecule has 18 heavy (non-hydrogen) atoms. The molecule has 2 atom stereocenters. The number of amides is 1. The second kappa shape index (κ2) is 3.39. The molecular formula is C12H8FNO4. The zero-order valence-corrected chi connectivity index (χ0v) is 9.01. The third-order valence-electron chi connectivity index (χ3n) is 3.05. The van der Waals surface area contributed by atoms with Crippen molar-refractivity contribution in [1.82, 2.24) is 0 Å². The van der Waals surface area contributed by atoms with E-state index in [1.807, 2.05) is 0 Å². The highest BCUT2D eigenvalue weighted by atomic mass is 19.1. The molecule has 2 N–H and O–H groups in total. The normalized spacial score (nSPS) is 29.1. The first-order valence-electron chi connectivity index (χ1n) is 5.24. The minimum absolute atomic E-state index is 0.0665. The van der Waals surface area contributed by atoms with Gasteiger partial charge in [0.2, 0.25) is 5.60 Å². The van der Waals surface area contributed by atoms with Crippen LogP contribution in [0.2, 0.25) is 0 Å². The number of ether oxygens (including phenoxy) is 1. The van der Waals surface area contributed by atoms with Gasteiger partial charge in [-0.2, -0.15) is 0 Å². The molecule has 0 saturated carbocycles. The summed E-state index contributed by atoms with van der Waals surface area (Å²) in [7, 11) is 0. The molecule has 1 amide bonds. The van der Waals surface area contributed by atoms with E-state index in [2.05, 4.69) is 5.32 Å². The van der Waals surface area contributed by atoms with Crippen LogP contribution in [0.15, 0.2) is 30.4 Å². The summed E-state index contributed by atoms with van der Waals surface area (Å²) in [6, 6.07) is 3.57. The lowest BCUT2D eigenvalue weighted by atomic mass is 9.89. The van der Waals surface area contributed by atoms with Crippen LogP contribution in [0.25, 0.3) is 0 Å². The minimum atomic E-state index is -2.08. The lowest BCUT2D eigenvalue weighted by Crippen LogP contribution is -2.45. The average Bonchev–Trinajstić information content (AvgIpc) is 2.86. The van der Waals surface area contributed by atoms with Crippen LogP contribution in [-0.4, -0.2) is 23.1 Å². The predicted octanol–water partition coefficient (Wildman–Crippen LogP) is 0.447. The van der Waals surface area contributed by atoms with Crippen molar-refractivity contribution in [3.8, 4) is 0 Å². The Kier molecular flexibility index (Phi) is 2.06. The van der Waals surface area contributed by atoms with Crippen LogP contribution in [0.1, 0.15) is 5.56 Å². The van der Waals surface area contributed by atoms with Gasteiger partial charge in [0.1, 0.15) is 5.82 Å². The smallest absolute Gasteiger partial charge is 0.331 e. The first kappa shape index (κ1) is 10.9. The van der Waals surface area contributed by atoms with E-state index in [1.54, 1.807) is 0 Å². The number of carbonyl (C=O) groups excluding carboxylic acids is 2. The van der Waals surface area contributed by atoms with Gasteiger partial charge in [-0.3, -0.25) is 4.79 Å². The van der Waals surface area contributed by atoms with Crippen LogP contribution < -0.4 is 5.32 Å². The zero-order chi connectivity index (χ0) is 12.9. The van der Waals surface area contributed by atoms with E-state index >= 15 is 0 Å². The minimum Gasteiger partial charge on any atom is -0.451 e. The Hall–Kier alpha value is -2.21. The average molecular weight is 249 g/mol. The third-order valence-corrected chi connectivity index (χ3v) is 3.05. The highest BCUT2D eigenvalue weighted by molar-refractivity contribution is 6.06. The van der Waals surface area contributed by atoms with Crippen LogP contribution in [-0.2, 0) is 19.9 Å². The van der Waals surface area contributed by atoms with Gasteiger partial charge in [0.25, 0.3) is 5.91 Å². The second-order valence-corrected chi connectivity index (χ2v) is 4.13. The van der Waals surface area contributed by atoms with Crippen LogP contribution in [0, 0.1) is 5.82 Å². The molecule has 2 aliphatic heterocycles. The number of benzene rings is 1. The van der Waals surface area contributed by atoms with Crippen molar-refractivity contribution in [3.05, 3.63) is 41.7 Å². The van der Waals surface area contributed by atoms with E-state index in [0.717, 1.165) is 12.1 Å². The number of aliphatic hydroxyl groups is 1. The molecule has 0 radical (unpaired) electrons. The van der Waals surface area contributed by atoms with E-state index in [9.17, 15) is 19.1 Å². The largest absolute Gasteiger partial charge is 0.451 e. The van der Waals surface area contributed by atoms with Gasteiger partial charge in [-0.25, -0.2) is 9.18 Å². The summed E-state index contributed by atoms with van der Waals surface area (Å²) in [5, 5.41) is 12.9. The lowest BCUT2D eigenvalue weighted by molar-refractivity contribution is -0.158. The molecule has 3 rings (SSSR count). The van der Waals surface area contributed by atoms with Crippen molar-refractivity contribution in [1.29, 1.82) is 0 Å². The molecule has 0 fully saturated rings. The number of cyclic esters (lactones) is 1. The highest BCUT2D eigenvalue weighted by Crippen LogP contribution is 2.41. The summed E-state index contributed by atoms with van der Waals surface area (Å²) in [6.07, 6.45) is 1.25. The topological polar surface area (TPSA) is 75.6 Å². The van der Waals surface area contributed by atoms with Crippen molar-refractivity contribution in [2.24, 2.45) is 0 Å². The number of anilines is 1. The molecular weight excluding hydrogens is 241 g/mol.